The minimum absolute atomic E-state index is 0.189. The predicted octanol–water partition coefficient (Wildman–Crippen LogP) is 2.44. The van der Waals surface area contributed by atoms with Crippen molar-refractivity contribution in [3.63, 3.8) is 0 Å². The number of benzene rings is 2. The summed E-state index contributed by atoms with van der Waals surface area (Å²) in [4.78, 5) is 26.1. The molecule has 1 atom stereocenters. The van der Waals surface area contributed by atoms with Crippen LogP contribution in [0.5, 0.6) is 0 Å². The van der Waals surface area contributed by atoms with Gasteiger partial charge in [-0.3, -0.25) is 9.47 Å². The number of nitrogens with one attached hydrogen (secondary N) is 1. The van der Waals surface area contributed by atoms with Crippen LogP contribution >= 0.6 is 0 Å². The highest BCUT2D eigenvalue weighted by Gasteiger charge is 2.28. The zero-order valence-corrected chi connectivity index (χ0v) is 19.1. The smallest absolute Gasteiger partial charge is 0.419 e. The van der Waals surface area contributed by atoms with Crippen molar-refractivity contribution in [2.75, 3.05) is 19.6 Å². The Bertz CT molecular complexity index is 1480. The minimum atomic E-state index is -0.376. The van der Waals surface area contributed by atoms with E-state index in [2.05, 4.69) is 28.3 Å². The lowest BCUT2D eigenvalue weighted by atomic mass is 9.93. The van der Waals surface area contributed by atoms with E-state index in [4.69, 9.17) is 9.15 Å². The molecule has 0 aliphatic carbocycles. The van der Waals surface area contributed by atoms with E-state index in [1.807, 2.05) is 35.3 Å². The quantitative estimate of drug-likeness (QED) is 0.469. The van der Waals surface area contributed by atoms with Crippen LogP contribution in [0.2, 0.25) is 0 Å². The maximum atomic E-state index is 11.9. The van der Waals surface area contributed by atoms with Gasteiger partial charge in [-0.05, 0) is 42.3 Å². The summed E-state index contributed by atoms with van der Waals surface area (Å²) in [6, 6.07) is 9.74. The van der Waals surface area contributed by atoms with Gasteiger partial charge in [0.15, 0.2) is 5.58 Å². The van der Waals surface area contributed by atoms with E-state index in [0.717, 1.165) is 54.1 Å². The molecule has 0 unspecified atom stereocenters. The fraction of sp³-hybridized carbons (Fsp3) is 0.320. The number of carbonyl (C=O) groups excluding carboxylic acids is 1. The molecule has 1 fully saturated rings. The predicted molar refractivity (Wildman–Crippen MR) is 125 cm³/mol. The topological polar surface area (TPSA) is 94.5 Å². The van der Waals surface area contributed by atoms with E-state index in [1.165, 1.54) is 10.1 Å². The second-order valence-electron chi connectivity index (χ2n) is 9.00. The third-order valence-corrected chi connectivity index (χ3v) is 6.92. The summed E-state index contributed by atoms with van der Waals surface area (Å²) in [5.41, 5.74) is 7.35. The van der Waals surface area contributed by atoms with Gasteiger partial charge in [-0.15, -0.1) is 0 Å². The van der Waals surface area contributed by atoms with Crippen molar-refractivity contribution in [1.29, 1.82) is 0 Å². The van der Waals surface area contributed by atoms with Gasteiger partial charge in [0.05, 0.1) is 23.0 Å². The Morgan fingerprint density at radius 1 is 1.21 bits per heavy atom. The van der Waals surface area contributed by atoms with Crippen LogP contribution in [0, 0.1) is 6.92 Å². The average Bonchev–Trinajstić information content (AvgIpc) is 3.53. The van der Waals surface area contributed by atoms with Crippen LogP contribution in [0.3, 0.4) is 0 Å². The minimum Gasteiger partial charge on any atom is -0.457 e. The molecule has 0 saturated carbocycles. The van der Waals surface area contributed by atoms with Gasteiger partial charge in [-0.25, -0.2) is 14.3 Å². The summed E-state index contributed by atoms with van der Waals surface area (Å²) >= 11 is 0. The first-order chi connectivity index (χ1) is 16.5. The molecule has 34 heavy (non-hydrogen) atoms. The van der Waals surface area contributed by atoms with Crippen molar-refractivity contribution in [2.45, 2.75) is 26.1 Å². The van der Waals surface area contributed by atoms with Crippen molar-refractivity contribution < 1.29 is 13.9 Å². The van der Waals surface area contributed by atoms with Crippen LogP contribution in [0.25, 0.3) is 16.8 Å². The number of hydrogen-bond acceptors (Lipinski definition) is 7. The third-order valence-electron chi connectivity index (χ3n) is 6.92. The Balaban J connectivity index is 1.19. The van der Waals surface area contributed by atoms with E-state index >= 15 is 0 Å². The molecule has 174 valence electrons. The number of hydrogen-bond donors (Lipinski definition) is 1. The summed E-state index contributed by atoms with van der Waals surface area (Å²) in [6.45, 7) is 5.92. The molecular formula is C25H25N5O4. The number of ether oxygens (including phenoxy) is 1. The van der Waals surface area contributed by atoms with Crippen LogP contribution in [-0.4, -0.2) is 44.9 Å². The summed E-state index contributed by atoms with van der Waals surface area (Å²) in [5, 5.41) is 8.17. The Hall–Kier alpha value is -3.69. The second kappa shape index (κ2) is 7.96. The van der Waals surface area contributed by atoms with Gasteiger partial charge >= 0.3 is 11.7 Å². The van der Waals surface area contributed by atoms with Gasteiger partial charge in [-0.1, -0.05) is 6.07 Å². The molecule has 0 bridgehead atoms. The van der Waals surface area contributed by atoms with Crippen molar-refractivity contribution >= 4 is 17.1 Å². The summed E-state index contributed by atoms with van der Waals surface area (Å²) in [6.07, 6.45) is 3.92. The Kier molecular flexibility index (Phi) is 4.89. The zero-order chi connectivity index (χ0) is 23.4. The Morgan fingerprint density at radius 3 is 2.97 bits per heavy atom. The van der Waals surface area contributed by atoms with Crippen LogP contribution in [0.15, 0.2) is 51.9 Å². The van der Waals surface area contributed by atoms with Gasteiger partial charge < -0.3 is 14.5 Å². The summed E-state index contributed by atoms with van der Waals surface area (Å²) in [5.74, 6) is -0.603. The molecule has 9 nitrogen and oxygen atoms in total. The monoisotopic (exact) mass is 459 g/mol. The highest BCUT2D eigenvalue weighted by molar-refractivity contribution is 5.94. The lowest BCUT2D eigenvalue weighted by Gasteiger charge is -2.34. The fourth-order valence-corrected chi connectivity index (χ4v) is 5.01. The first-order valence-electron chi connectivity index (χ1n) is 11.4. The second-order valence-corrected chi connectivity index (χ2v) is 9.00. The first kappa shape index (κ1) is 20.9. The lowest BCUT2D eigenvalue weighted by Crippen LogP contribution is -2.45. The van der Waals surface area contributed by atoms with Gasteiger partial charge in [0.2, 0.25) is 0 Å². The Labute approximate surface area is 195 Å². The van der Waals surface area contributed by atoms with E-state index < -0.39 is 0 Å². The van der Waals surface area contributed by atoms with Gasteiger partial charge in [0.1, 0.15) is 6.61 Å². The molecule has 2 aliphatic rings. The molecule has 1 N–H and O–H groups in total. The molecule has 4 aromatic rings. The number of rotatable bonds is 4. The molecular weight excluding hydrogens is 434 g/mol. The number of piperazine rings is 1. The third kappa shape index (κ3) is 3.44. The number of aryl methyl sites for hydroxylation is 1. The molecule has 0 spiro atoms. The van der Waals surface area contributed by atoms with E-state index in [1.54, 1.807) is 13.1 Å². The van der Waals surface area contributed by atoms with E-state index in [0.29, 0.717) is 17.8 Å². The SMILES string of the molecule is Cc1c([C@@H]2CN(Cc3cnn(-c4ccc5oc(=O)n(C)c5c4)c3)CCN2)ccc2c1COC2=O. The highest BCUT2D eigenvalue weighted by atomic mass is 16.5. The van der Waals surface area contributed by atoms with Crippen LogP contribution in [-0.2, 0) is 24.9 Å². The fourth-order valence-electron chi connectivity index (χ4n) is 5.01. The standard InChI is InChI=1S/C25H25N5O4/c1-15-18(4-5-19-20(15)14-33-24(19)31)21-13-29(8-7-26-21)11-16-10-27-30(12-16)17-3-6-23-22(9-17)28(2)25(32)34-23/h3-6,9-10,12,21,26H,7-8,11,13-14H2,1-2H3/t21-/m0/s1. The molecule has 4 heterocycles. The van der Waals surface area contributed by atoms with Gasteiger partial charge in [0.25, 0.3) is 0 Å². The normalized spacial score (nSPS) is 18.4. The molecule has 0 radical (unpaired) electrons. The van der Waals surface area contributed by atoms with Gasteiger partial charge in [-0.2, -0.15) is 5.10 Å². The van der Waals surface area contributed by atoms with Crippen molar-refractivity contribution in [3.05, 3.63) is 81.1 Å². The van der Waals surface area contributed by atoms with Crippen molar-refractivity contribution in [1.82, 2.24) is 24.6 Å². The lowest BCUT2D eigenvalue weighted by molar-refractivity contribution is 0.0535. The van der Waals surface area contributed by atoms with Crippen LogP contribution in [0.1, 0.15) is 38.7 Å². The zero-order valence-electron chi connectivity index (χ0n) is 19.1. The number of aromatic nitrogens is 3. The average molecular weight is 460 g/mol. The molecule has 9 heteroatoms. The molecule has 1 saturated heterocycles. The first-order valence-corrected chi connectivity index (χ1v) is 11.4. The number of oxazole rings is 1. The number of nitrogens with zero attached hydrogens (tertiary/aromatic N) is 4. The molecule has 6 rings (SSSR count). The largest absolute Gasteiger partial charge is 0.457 e. The highest BCUT2D eigenvalue weighted by Crippen LogP contribution is 2.30. The van der Waals surface area contributed by atoms with E-state index in [9.17, 15) is 9.59 Å². The van der Waals surface area contributed by atoms with Crippen molar-refractivity contribution in [3.8, 4) is 5.69 Å². The van der Waals surface area contributed by atoms with Crippen LogP contribution < -0.4 is 11.1 Å². The van der Waals surface area contributed by atoms with Crippen LogP contribution in [0.4, 0.5) is 0 Å². The summed E-state index contributed by atoms with van der Waals surface area (Å²) < 4.78 is 13.8. The van der Waals surface area contributed by atoms with Gasteiger partial charge in [0, 0.05) is 56.6 Å². The molecule has 0 amide bonds. The maximum absolute atomic E-state index is 11.9. The number of esters is 1. The number of fused-ring (bicyclic) bond motifs is 2. The summed E-state index contributed by atoms with van der Waals surface area (Å²) in [7, 11) is 1.70. The molecule has 2 aromatic heterocycles. The van der Waals surface area contributed by atoms with E-state index in [-0.39, 0.29) is 17.8 Å². The molecule has 2 aromatic carbocycles. The molecule has 2 aliphatic heterocycles. The Morgan fingerprint density at radius 2 is 2.09 bits per heavy atom. The number of carbonyl (C=O) groups is 1. The van der Waals surface area contributed by atoms with Crippen molar-refractivity contribution in [2.24, 2.45) is 7.05 Å². The maximum Gasteiger partial charge on any atom is 0.419 e. The number of cyclic esters (lactones) is 1.